The van der Waals surface area contributed by atoms with E-state index in [1.165, 1.54) is 5.56 Å². The van der Waals surface area contributed by atoms with Crippen LogP contribution in [0.4, 0.5) is 17.3 Å². The molecule has 0 aliphatic carbocycles. The third kappa shape index (κ3) is 9.04. The van der Waals surface area contributed by atoms with Gasteiger partial charge in [0.2, 0.25) is 5.95 Å². The molecule has 3 heterocycles. The number of aromatic carboxylic acids is 1. The highest BCUT2D eigenvalue weighted by Gasteiger charge is 2.14. The minimum Gasteiger partial charge on any atom is -0.478 e. The molecule has 0 spiro atoms. The molecule has 2 aromatic heterocycles. The SMILES string of the molecule is Cc1ccc(NC(=O)c2ccc(CN3CCN(C)CC3)cc2)cc1Nc1nccc(-c2cccnc2)n1.O=C(O)c1ccccc1. The van der Waals surface area contributed by atoms with Crippen molar-refractivity contribution in [3.05, 3.63) is 132 Å². The summed E-state index contributed by atoms with van der Waals surface area (Å²) in [7, 11) is 2.16. The van der Waals surface area contributed by atoms with Crippen LogP contribution < -0.4 is 10.6 Å². The Morgan fingerprint density at radius 3 is 2.28 bits per heavy atom. The first kappa shape index (κ1) is 32.0. The van der Waals surface area contributed by atoms with E-state index in [2.05, 4.69) is 42.4 Å². The van der Waals surface area contributed by atoms with Crippen LogP contribution in [0.25, 0.3) is 11.3 Å². The number of carboxylic acid groups (broad SMARTS) is 1. The smallest absolute Gasteiger partial charge is 0.335 e. The Labute approximate surface area is 268 Å². The standard InChI is InChI=1S/C29H31N7O.C7H6O2/c1-21-5-10-25(18-27(21)34-29-31-13-11-26(33-29)24-4-3-12-30-19-24)32-28(37)23-8-6-22(7-9-23)20-36-16-14-35(2)15-17-36;8-7(9)6-4-2-1-3-5-6/h3-13,18-19H,14-17,20H2,1-2H3,(H,32,37)(H,31,33,34);1-5H,(H,8,9). The summed E-state index contributed by atoms with van der Waals surface area (Å²) in [5.74, 6) is -0.546. The van der Waals surface area contributed by atoms with E-state index in [9.17, 15) is 9.59 Å². The monoisotopic (exact) mass is 615 g/mol. The largest absolute Gasteiger partial charge is 0.478 e. The van der Waals surface area contributed by atoms with Gasteiger partial charge in [-0.3, -0.25) is 14.7 Å². The molecule has 5 aromatic rings. The maximum atomic E-state index is 12.9. The molecule has 3 aromatic carbocycles. The van der Waals surface area contributed by atoms with Crippen molar-refractivity contribution in [2.24, 2.45) is 0 Å². The molecule has 0 saturated carbocycles. The lowest BCUT2D eigenvalue weighted by atomic mass is 10.1. The van der Waals surface area contributed by atoms with Gasteiger partial charge in [-0.15, -0.1) is 0 Å². The van der Waals surface area contributed by atoms with Gasteiger partial charge in [0.1, 0.15) is 0 Å². The molecule has 6 rings (SSSR count). The highest BCUT2D eigenvalue weighted by atomic mass is 16.4. The van der Waals surface area contributed by atoms with Crippen LogP contribution >= 0.6 is 0 Å². The number of carbonyl (C=O) groups is 2. The second-order valence-corrected chi connectivity index (χ2v) is 11.1. The van der Waals surface area contributed by atoms with E-state index in [1.807, 2.05) is 67.6 Å². The second-order valence-electron chi connectivity index (χ2n) is 11.1. The molecule has 0 bridgehead atoms. The third-order valence-electron chi connectivity index (χ3n) is 7.59. The Morgan fingerprint density at radius 1 is 0.848 bits per heavy atom. The number of nitrogens with zero attached hydrogens (tertiary/aromatic N) is 5. The number of carbonyl (C=O) groups excluding carboxylic acids is 1. The van der Waals surface area contributed by atoms with Crippen molar-refractivity contribution >= 4 is 29.2 Å². The molecule has 0 atom stereocenters. The summed E-state index contributed by atoms with van der Waals surface area (Å²) in [6, 6.07) is 27.6. The fraction of sp³-hybridized carbons (Fsp3) is 0.194. The van der Waals surface area contributed by atoms with E-state index >= 15 is 0 Å². The van der Waals surface area contributed by atoms with Gasteiger partial charge in [0.25, 0.3) is 5.91 Å². The topological polar surface area (TPSA) is 124 Å². The van der Waals surface area contributed by atoms with Gasteiger partial charge in [0, 0.05) is 73.8 Å². The van der Waals surface area contributed by atoms with E-state index in [4.69, 9.17) is 5.11 Å². The minimum atomic E-state index is -0.879. The number of nitrogens with one attached hydrogen (secondary N) is 2. The van der Waals surface area contributed by atoms with Crippen molar-refractivity contribution in [1.29, 1.82) is 0 Å². The summed E-state index contributed by atoms with van der Waals surface area (Å²) < 4.78 is 0. The van der Waals surface area contributed by atoms with Crippen molar-refractivity contribution in [2.75, 3.05) is 43.9 Å². The van der Waals surface area contributed by atoms with E-state index in [-0.39, 0.29) is 5.91 Å². The molecule has 1 amide bonds. The summed E-state index contributed by atoms with van der Waals surface area (Å²) in [4.78, 5) is 41.1. The van der Waals surface area contributed by atoms with Gasteiger partial charge < -0.3 is 20.6 Å². The maximum Gasteiger partial charge on any atom is 0.335 e. The van der Waals surface area contributed by atoms with Crippen LogP contribution in [0.15, 0.2) is 110 Å². The minimum absolute atomic E-state index is 0.143. The van der Waals surface area contributed by atoms with E-state index in [0.29, 0.717) is 22.8 Å². The van der Waals surface area contributed by atoms with Crippen LogP contribution in [0.5, 0.6) is 0 Å². The Hall–Kier alpha value is -5.45. The Kier molecular flexibility index (Phi) is 10.8. The van der Waals surface area contributed by atoms with Gasteiger partial charge in [-0.05, 0) is 79.7 Å². The quantitative estimate of drug-likeness (QED) is 0.194. The Morgan fingerprint density at radius 2 is 1.61 bits per heavy atom. The van der Waals surface area contributed by atoms with Gasteiger partial charge in [-0.1, -0.05) is 36.4 Å². The highest BCUT2D eigenvalue weighted by Crippen LogP contribution is 2.25. The average Bonchev–Trinajstić information content (AvgIpc) is 3.09. The number of rotatable bonds is 8. The molecule has 10 nitrogen and oxygen atoms in total. The zero-order valence-corrected chi connectivity index (χ0v) is 25.9. The molecule has 46 heavy (non-hydrogen) atoms. The highest BCUT2D eigenvalue weighted by molar-refractivity contribution is 6.04. The van der Waals surface area contributed by atoms with Crippen LogP contribution in [0.2, 0.25) is 0 Å². The van der Waals surface area contributed by atoms with E-state index < -0.39 is 5.97 Å². The summed E-state index contributed by atoms with van der Waals surface area (Å²) in [6.07, 6.45) is 5.22. The van der Waals surface area contributed by atoms with E-state index in [1.54, 1.807) is 48.9 Å². The molecule has 1 aliphatic heterocycles. The molecule has 1 saturated heterocycles. The van der Waals surface area contributed by atoms with Crippen LogP contribution in [0.1, 0.15) is 31.8 Å². The zero-order chi connectivity index (χ0) is 32.3. The predicted molar refractivity (Wildman–Crippen MR) is 180 cm³/mol. The first-order valence-electron chi connectivity index (χ1n) is 15.0. The van der Waals surface area contributed by atoms with Gasteiger partial charge in [0.15, 0.2) is 0 Å². The number of carboxylic acids is 1. The lowest BCUT2D eigenvalue weighted by molar-refractivity contribution is 0.0696. The molecule has 1 aliphatic rings. The molecule has 234 valence electrons. The van der Waals surface area contributed by atoms with Gasteiger partial charge in [-0.25, -0.2) is 14.8 Å². The molecule has 10 heteroatoms. The maximum absolute atomic E-state index is 12.9. The van der Waals surface area contributed by atoms with Crippen molar-refractivity contribution < 1.29 is 14.7 Å². The number of aromatic nitrogens is 3. The van der Waals surface area contributed by atoms with Crippen molar-refractivity contribution in [1.82, 2.24) is 24.8 Å². The summed E-state index contributed by atoms with van der Waals surface area (Å²) in [6.45, 7) is 7.24. The van der Waals surface area contributed by atoms with Crippen molar-refractivity contribution in [3.8, 4) is 11.3 Å². The van der Waals surface area contributed by atoms with Crippen molar-refractivity contribution in [2.45, 2.75) is 13.5 Å². The summed E-state index contributed by atoms with van der Waals surface area (Å²) in [5, 5.41) is 14.7. The number of pyridine rings is 1. The molecule has 0 unspecified atom stereocenters. The number of hydrogen-bond acceptors (Lipinski definition) is 8. The number of piperazine rings is 1. The van der Waals surface area contributed by atoms with Crippen LogP contribution in [-0.4, -0.2) is 75.0 Å². The fourth-order valence-electron chi connectivity index (χ4n) is 4.86. The Balaban J connectivity index is 0.000000400. The molecule has 0 radical (unpaired) electrons. The van der Waals surface area contributed by atoms with Crippen LogP contribution in [-0.2, 0) is 6.54 Å². The first-order chi connectivity index (χ1) is 22.3. The Bertz CT molecular complexity index is 1740. The van der Waals surface area contributed by atoms with Gasteiger partial charge in [-0.2, -0.15) is 0 Å². The lowest BCUT2D eigenvalue weighted by Crippen LogP contribution is -2.43. The van der Waals surface area contributed by atoms with Crippen LogP contribution in [0.3, 0.4) is 0 Å². The van der Waals surface area contributed by atoms with Gasteiger partial charge >= 0.3 is 5.97 Å². The first-order valence-corrected chi connectivity index (χ1v) is 15.0. The molecular formula is C36H37N7O3. The van der Waals surface area contributed by atoms with Crippen molar-refractivity contribution in [3.63, 3.8) is 0 Å². The lowest BCUT2D eigenvalue weighted by Gasteiger charge is -2.32. The predicted octanol–water partition coefficient (Wildman–Crippen LogP) is 5.98. The summed E-state index contributed by atoms with van der Waals surface area (Å²) >= 11 is 0. The number of benzene rings is 3. The van der Waals surface area contributed by atoms with Crippen LogP contribution in [0, 0.1) is 6.92 Å². The molecule has 1 fully saturated rings. The number of aryl methyl sites for hydroxylation is 1. The normalized spacial score (nSPS) is 13.3. The number of likely N-dealkylation sites (N-methyl/N-ethyl adjacent to an activating group) is 1. The van der Waals surface area contributed by atoms with E-state index in [0.717, 1.165) is 55.2 Å². The number of hydrogen-bond donors (Lipinski definition) is 3. The summed E-state index contributed by atoms with van der Waals surface area (Å²) in [5.41, 5.74) is 6.41. The zero-order valence-electron chi connectivity index (χ0n) is 25.9. The average molecular weight is 616 g/mol. The second kappa shape index (κ2) is 15.5. The number of anilines is 3. The number of amides is 1. The molecule has 3 N–H and O–H groups in total. The fourth-order valence-corrected chi connectivity index (χ4v) is 4.86. The molecular weight excluding hydrogens is 578 g/mol. The third-order valence-corrected chi connectivity index (χ3v) is 7.59. The van der Waals surface area contributed by atoms with Gasteiger partial charge in [0.05, 0.1) is 11.3 Å².